The molecule has 0 bridgehead atoms. The molecule has 0 saturated carbocycles. The molecule has 0 fully saturated rings. The lowest BCUT2D eigenvalue weighted by Crippen LogP contribution is -2.97. The van der Waals surface area contributed by atoms with Crippen LogP contribution in [0, 0.1) is 5.41 Å². The van der Waals surface area contributed by atoms with Gasteiger partial charge in [-0.3, -0.25) is 0 Å². The van der Waals surface area contributed by atoms with Crippen molar-refractivity contribution >= 4 is 0 Å². The van der Waals surface area contributed by atoms with E-state index in [1.165, 1.54) is 5.56 Å². The van der Waals surface area contributed by atoms with Crippen molar-refractivity contribution in [2.45, 2.75) is 78.9 Å². The molecule has 0 unspecified atom stereocenters. The fourth-order valence-electron chi connectivity index (χ4n) is 3.21. The zero-order valence-electron chi connectivity index (χ0n) is 16.9. The van der Waals surface area contributed by atoms with Gasteiger partial charge in [0.1, 0.15) is 25.0 Å². The van der Waals surface area contributed by atoms with Gasteiger partial charge in [0.2, 0.25) is 0 Å². The summed E-state index contributed by atoms with van der Waals surface area (Å²) in [5.74, 6) is 0.816. The van der Waals surface area contributed by atoms with Crippen LogP contribution in [0.4, 0.5) is 0 Å². The first-order valence-electron chi connectivity index (χ1n) is 9.04. The predicted molar refractivity (Wildman–Crippen MR) is 102 cm³/mol. The molecular weight excluding hydrogens is 298 g/mol. The maximum atomic E-state index is 10.2. The highest BCUT2D eigenvalue weighted by Crippen LogP contribution is 2.25. The number of quaternary nitrogens is 1. The SMILES string of the molecule is CC(C)(C)CC(C)(C)[NH2+]C[C@H](O)COc1ccc(C(C)(C)C)cc1. The van der Waals surface area contributed by atoms with E-state index in [1.807, 2.05) is 12.1 Å². The molecule has 3 heteroatoms. The third-order valence-electron chi connectivity index (χ3n) is 4.09. The van der Waals surface area contributed by atoms with Crippen molar-refractivity contribution in [1.82, 2.24) is 0 Å². The lowest BCUT2D eigenvalue weighted by Gasteiger charge is -2.31. The third-order valence-corrected chi connectivity index (χ3v) is 4.09. The first kappa shape index (κ1) is 21.0. The fraction of sp³-hybridized carbons (Fsp3) is 0.714. The molecule has 138 valence electrons. The zero-order valence-corrected chi connectivity index (χ0v) is 16.9. The van der Waals surface area contributed by atoms with Gasteiger partial charge in [-0.1, -0.05) is 53.7 Å². The topological polar surface area (TPSA) is 46.1 Å². The van der Waals surface area contributed by atoms with Gasteiger partial charge in [-0.25, -0.2) is 0 Å². The van der Waals surface area contributed by atoms with Crippen LogP contribution < -0.4 is 10.1 Å². The van der Waals surface area contributed by atoms with Crippen LogP contribution in [0.2, 0.25) is 0 Å². The zero-order chi connectivity index (χ0) is 18.6. The summed E-state index contributed by atoms with van der Waals surface area (Å²) in [6.07, 6.45) is 0.633. The van der Waals surface area contributed by atoms with Crippen molar-refractivity contribution in [2.24, 2.45) is 5.41 Å². The Morgan fingerprint density at radius 3 is 1.96 bits per heavy atom. The van der Waals surface area contributed by atoms with Crippen molar-refractivity contribution in [3.8, 4) is 5.75 Å². The van der Waals surface area contributed by atoms with Crippen LogP contribution in [0.25, 0.3) is 0 Å². The summed E-state index contributed by atoms with van der Waals surface area (Å²) in [6.45, 7) is 18.8. The standard InChI is InChI=1S/C21H37NO2/c1-19(2,3)15-21(7,8)22-13-17(23)14-24-18-11-9-16(10-12-18)20(4,5)6/h9-12,17,22-23H,13-15H2,1-8H3/p+1/t17-/m0/s1. The Labute approximate surface area is 148 Å². The molecular formula is C21H38NO2+. The molecule has 1 aromatic carbocycles. The molecule has 0 saturated heterocycles. The highest BCUT2D eigenvalue weighted by atomic mass is 16.5. The fourth-order valence-corrected chi connectivity index (χ4v) is 3.21. The Balaban J connectivity index is 2.42. The lowest BCUT2D eigenvalue weighted by atomic mass is 9.82. The van der Waals surface area contributed by atoms with Crippen molar-refractivity contribution < 1.29 is 15.2 Å². The second kappa shape index (κ2) is 7.88. The summed E-state index contributed by atoms with van der Waals surface area (Å²) in [6, 6.07) is 8.17. The van der Waals surface area contributed by atoms with Gasteiger partial charge < -0.3 is 15.2 Å². The van der Waals surface area contributed by atoms with E-state index >= 15 is 0 Å². The number of nitrogens with two attached hydrogens (primary N) is 1. The minimum absolute atomic E-state index is 0.119. The molecule has 24 heavy (non-hydrogen) atoms. The molecule has 0 aliphatic heterocycles. The summed E-state index contributed by atoms with van der Waals surface area (Å²) < 4.78 is 5.73. The first-order chi connectivity index (χ1) is 10.8. The average molecular weight is 337 g/mol. The number of hydrogen-bond donors (Lipinski definition) is 2. The van der Waals surface area contributed by atoms with Crippen LogP contribution in [-0.2, 0) is 5.41 Å². The molecule has 0 aliphatic carbocycles. The molecule has 0 aromatic heterocycles. The summed E-state index contributed by atoms with van der Waals surface area (Å²) in [7, 11) is 0. The summed E-state index contributed by atoms with van der Waals surface area (Å²) in [5, 5.41) is 12.4. The Bertz CT molecular complexity index is 492. The van der Waals surface area contributed by atoms with Crippen LogP contribution >= 0.6 is 0 Å². The van der Waals surface area contributed by atoms with Gasteiger partial charge in [0, 0.05) is 6.42 Å². The summed E-state index contributed by atoms with van der Waals surface area (Å²) in [4.78, 5) is 0. The minimum atomic E-state index is -0.466. The Hall–Kier alpha value is -1.06. The second-order valence-corrected chi connectivity index (χ2v) is 9.91. The van der Waals surface area contributed by atoms with Gasteiger partial charge in [0.05, 0.1) is 5.54 Å². The van der Waals surface area contributed by atoms with E-state index in [9.17, 15) is 5.11 Å². The number of benzene rings is 1. The van der Waals surface area contributed by atoms with Crippen LogP contribution in [0.5, 0.6) is 5.75 Å². The number of hydrogen-bond acceptors (Lipinski definition) is 2. The van der Waals surface area contributed by atoms with E-state index in [1.54, 1.807) is 0 Å². The molecule has 0 spiro atoms. The first-order valence-corrected chi connectivity index (χ1v) is 9.04. The molecule has 0 aliphatic rings. The van der Waals surface area contributed by atoms with Gasteiger partial charge >= 0.3 is 0 Å². The van der Waals surface area contributed by atoms with Crippen LogP contribution in [-0.4, -0.2) is 29.9 Å². The molecule has 1 rings (SSSR count). The van der Waals surface area contributed by atoms with Crippen molar-refractivity contribution in [3.63, 3.8) is 0 Å². The van der Waals surface area contributed by atoms with E-state index in [0.717, 1.165) is 12.2 Å². The molecule has 3 N–H and O–H groups in total. The second-order valence-electron chi connectivity index (χ2n) is 9.91. The lowest BCUT2D eigenvalue weighted by molar-refractivity contribution is -0.727. The number of rotatable bonds is 7. The quantitative estimate of drug-likeness (QED) is 0.800. The Kier molecular flexibility index (Phi) is 6.89. The smallest absolute Gasteiger partial charge is 0.137 e. The van der Waals surface area contributed by atoms with Crippen LogP contribution in [0.15, 0.2) is 24.3 Å². The Morgan fingerprint density at radius 2 is 1.50 bits per heavy atom. The number of ether oxygens (including phenoxy) is 1. The molecule has 3 nitrogen and oxygen atoms in total. The normalized spacial score (nSPS) is 14.5. The molecule has 0 radical (unpaired) electrons. The van der Waals surface area contributed by atoms with E-state index in [0.29, 0.717) is 13.2 Å². The molecule has 1 atom stereocenters. The maximum absolute atomic E-state index is 10.2. The minimum Gasteiger partial charge on any atom is -0.491 e. The molecule has 0 heterocycles. The van der Waals surface area contributed by atoms with E-state index < -0.39 is 6.10 Å². The van der Waals surface area contributed by atoms with Crippen molar-refractivity contribution in [2.75, 3.05) is 13.2 Å². The Morgan fingerprint density at radius 1 is 0.958 bits per heavy atom. The summed E-state index contributed by atoms with van der Waals surface area (Å²) in [5.41, 5.74) is 1.84. The van der Waals surface area contributed by atoms with E-state index in [4.69, 9.17) is 4.74 Å². The van der Waals surface area contributed by atoms with Gasteiger partial charge in [-0.2, -0.15) is 0 Å². The van der Waals surface area contributed by atoms with Crippen LogP contribution in [0.3, 0.4) is 0 Å². The van der Waals surface area contributed by atoms with Gasteiger partial charge in [-0.05, 0) is 42.4 Å². The van der Waals surface area contributed by atoms with Crippen molar-refractivity contribution in [3.05, 3.63) is 29.8 Å². The number of aliphatic hydroxyl groups is 1. The van der Waals surface area contributed by atoms with E-state index in [2.05, 4.69) is 72.8 Å². The highest BCUT2D eigenvalue weighted by Gasteiger charge is 2.29. The molecule has 1 aromatic rings. The predicted octanol–water partition coefficient (Wildman–Crippen LogP) is 3.50. The largest absolute Gasteiger partial charge is 0.491 e. The maximum Gasteiger partial charge on any atom is 0.137 e. The summed E-state index contributed by atoms with van der Waals surface area (Å²) >= 11 is 0. The number of aliphatic hydroxyl groups excluding tert-OH is 1. The third kappa shape index (κ3) is 8.16. The van der Waals surface area contributed by atoms with Crippen molar-refractivity contribution in [1.29, 1.82) is 0 Å². The van der Waals surface area contributed by atoms with Crippen LogP contribution in [0.1, 0.15) is 67.4 Å². The van der Waals surface area contributed by atoms with Gasteiger partial charge in [0.25, 0.3) is 0 Å². The highest BCUT2D eigenvalue weighted by molar-refractivity contribution is 5.31. The average Bonchev–Trinajstić information content (AvgIpc) is 2.40. The monoisotopic (exact) mass is 336 g/mol. The van der Waals surface area contributed by atoms with Gasteiger partial charge in [0.15, 0.2) is 0 Å². The van der Waals surface area contributed by atoms with E-state index in [-0.39, 0.29) is 16.4 Å². The van der Waals surface area contributed by atoms with Gasteiger partial charge in [-0.15, -0.1) is 0 Å². The molecule has 0 amide bonds.